The van der Waals surface area contributed by atoms with Gasteiger partial charge in [0.2, 0.25) is 0 Å². The molecule has 1 amide bonds. The van der Waals surface area contributed by atoms with E-state index in [4.69, 9.17) is 0 Å². The van der Waals surface area contributed by atoms with E-state index < -0.39 is 0 Å². The van der Waals surface area contributed by atoms with Gasteiger partial charge >= 0.3 is 0 Å². The van der Waals surface area contributed by atoms with Gasteiger partial charge < -0.3 is 15.2 Å². The predicted molar refractivity (Wildman–Crippen MR) is 127 cm³/mol. The highest BCUT2D eigenvalue weighted by molar-refractivity contribution is 5.94. The van der Waals surface area contributed by atoms with E-state index in [9.17, 15) is 4.79 Å². The molecule has 0 fully saturated rings. The topological polar surface area (TPSA) is 61.0 Å². The molecule has 31 heavy (non-hydrogen) atoms. The summed E-state index contributed by atoms with van der Waals surface area (Å²) in [7, 11) is 0. The number of H-pyrrole nitrogens is 1. The number of aromatic amines is 1. The predicted octanol–water partition coefficient (Wildman–Crippen LogP) is 4.97. The summed E-state index contributed by atoms with van der Waals surface area (Å²) >= 11 is 0. The zero-order chi connectivity index (χ0) is 21.6. The van der Waals surface area contributed by atoms with Crippen LogP contribution in [0.5, 0.6) is 0 Å². The molecule has 0 aliphatic rings. The fourth-order valence-corrected chi connectivity index (χ4v) is 3.76. The quantitative estimate of drug-likeness (QED) is 0.430. The van der Waals surface area contributed by atoms with Gasteiger partial charge in [0.05, 0.1) is 0 Å². The highest BCUT2D eigenvalue weighted by Gasteiger charge is 2.09. The van der Waals surface area contributed by atoms with Crippen molar-refractivity contribution in [1.29, 1.82) is 0 Å². The average Bonchev–Trinajstić information content (AvgIpc) is 3.26. The molecule has 0 saturated heterocycles. The van der Waals surface area contributed by atoms with Crippen LogP contribution in [0.1, 0.15) is 24.2 Å². The Morgan fingerprint density at radius 1 is 0.935 bits per heavy atom. The van der Waals surface area contributed by atoms with Gasteiger partial charge in [0, 0.05) is 58.8 Å². The number of likely N-dealkylation sites (N-methyl/N-ethyl adjacent to an activating group) is 1. The fraction of sp³-hybridized carbons (Fsp3) is 0.231. The minimum Gasteiger partial charge on any atom is -0.354 e. The number of nitrogens with zero attached hydrogens (tertiary/aromatic N) is 2. The molecule has 0 radical (unpaired) electrons. The van der Waals surface area contributed by atoms with Gasteiger partial charge in [0.15, 0.2) is 0 Å². The SMILES string of the molecule is CCN(CC)CCNC(=O)c1ccc(-c2cncc(-c3cc4ccccc4[nH]3)c2)cc1. The molecule has 5 nitrogen and oxygen atoms in total. The van der Waals surface area contributed by atoms with E-state index in [1.54, 1.807) is 0 Å². The lowest BCUT2D eigenvalue weighted by Gasteiger charge is -2.17. The number of para-hydroxylation sites is 1. The number of hydrogen-bond acceptors (Lipinski definition) is 3. The van der Waals surface area contributed by atoms with Crippen LogP contribution in [0.15, 0.2) is 73.1 Å². The van der Waals surface area contributed by atoms with Gasteiger partial charge in [-0.2, -0.15) is 0 Å². The second kappa shape index (κ2) is 9.58. The number of pyridine rings is 1. The van der Waals surface area contributed by atoms with E-state index in [-0.39, 0.29) is 5.91 Å². The fourth-order valence-electron chi connectivity index (χ4n) is 3.76. The number of hydrogen-bond donors (Lipinski definition) is 2. The first kappa shape index (κ1) is 20.8. The third kappa shape index (κ3) is 4.84. The van der Waals surface area contributed by atoms with Crippen LogP contribution in [0.3, 0.4) is 0 Å². The molecule has 0 aliphatic carbocycles. The first-order valence-electron chi connectivity index (χ1n) is 10.8. The lowest BCUT2D eigenvalue weighted by Crippen LogP contribution is -2.34. The van der Waals surface area contributed by atoms with Gasteiger partial charge in [-0.05, 0) is 49.0 Å². The summed E-state index contributed by atoms with van der Waals surface area (Å²) < 4.78 is 0. The van der Waals surface area contributed by atoms with Crippen molar-refractivity contribution >= 4 is 16.8 Å². The summed E-state index contributed by atoms with van der Waals surface area (Å²) in [6, 6.07) is 20.2. The summed E-state index contributed by atoms with van der Waals surface area (Å²) in [5.41, 5.74) is 5.91. The summed E-state index contributed by atoms with van der Waals surface area (Å²) in [6.45, 7) is 7.76. The van der Waals surface area contributed by atoms with Gasteiger partial charge in [-0.15, -0.1) is 0 Å². The smallest absolute Gasteiger partial charge is 0.251 e. The monoisotopic (exact) mass is 412 g/mol. The third-order valence-electron chi connectivity index (χ3n) is 5.67. The molecular formula is C26H28N4O. The molecule has 158 valence electrons. The van der Waals surface area contributed by atoms with Crippen molar-refractivity contribution in [3.05, 3.63) is 78.6 Å². The minimum absolute atomic E-state index is 0.0383. The zero-order valence-corrected chi connectivity index (χ0v) is 18.1. The van der Waals surface area contributed by atoms with Crippen LogP contribution >= 0.6 is 0 Å². The van der Waals surface area contributed by atoms with Crippen LogP contribution < -0.4 is 5.32 Å². The largest absolute Gasteiger partial charge is 0.354 e. The lowest BCUT2D eigenvalue weighted by molar-refractivity contribution is 0.0949. The van der Waals surface area contributed by atoms with Gasteiger partial charge in [-0.3, -0.25) is 9.78 Å². The lowest BCUT2D eigenvalue weighted by atomic mass is 10.0. The Morgan fingerprint density at radius 2 is 1.68 bits per heavy atom. The molecule has 2 N–H and O–H groups in total. The number of benzene rings is 2. The maximum atomic E-state index is 12.4. The van der Waals surface area contributed by atoms with Crippen molar-refractivity contribution in [3.8, 4) is 22.4 Å². The molecule has 4 rings (SSSR count). The minimum atomic E-state index is -0.0383. The van der Waals surface area contributed by atoms with Gasteiger partial charge in [0.1, 0.15) is 0 Å². The summed E-state index contributed by atoms with van der Waals surface area (Å²) in [6.07, 6.45) is 3.72. The zero-order valence-electron chi connectivity index (χ0n) is 18.1. The second-order valence-corrected chi connectivity index (χ2v) is 7.59. The Morgan fingerprint density at radius 3 is 2.42 bits per heavy atom. The first-order valence-corrected chi connectivity index (χ1v) is 10.8. The van der Waals surface area contributed by atoms with Crippen molar-refractivity contribution in [3.63, 3.8) is 0 Å². The average molecular weight is 413 g/mol. The molecule has 2 aromatic carbocycles. The van der Waals surface area contributed by atoms with Gasteiger partial charge in [-0.25, -0.2) is 0 Å². The van der Waals surface area contributed by atoms with Crippen molar-refractivity contribution in [1.82, 2.24) is 20.2 Å². The summed E-state index contributed by atoms with van der Waals surface area (Å²) in [5.74, 6) is -0.0383. The molecular weight excluding hydrogens is 384 g/mol. The van der Waals surface area contributed by atoms with Crippen LogP contribution in [0.4, 0.5) is 0 Å². The van der Waals surface area contributed by atoms with Crippen LogP contribution in [0, 0.1) is 0 Å². The molecule has 0 unspecified atom stereocenters. The Labute approximate surface area is 183 Å². The van der Waals surface area contributed by atoms with Gasteiger partial charge in [0.25, 0.3) is 5.91 Å². The van der Waals surface area contributed by atoms with E-state index in [0.717, 1.165) is 47.5 Å². The molecule has 0 bridgehead atoms. The van der Waals surface area contributed by atoms with Crippen molar-refractivity contribution in [2.45, 2.75) is 13.8 Å². The third-order valence-corrected chi connectivity index (χ3v) is 5.67. The second-order valence-electron chi connectivity index (χ2n) is 7.59. The molecule has 2 heterocycles. The Bertz CT molecular complexity index is 1130. The summed E-state index contributed by atoms with van der Waals surface area (Å²) in [5, 5.41) is 4.18. The number of nitrogens with one attached hydrogen (secondary N) is 2. The number of carbonyl (C=O) groups is 1. The normalized spacial score (nSPS) is 11.2. The molecule has 4 aromatic rings. The number of amides is 1. The number of aromatic nitrogens is 2. The first-order chi connectivity index (χ1) is 15.2. The standard InChI is InChI=1S/C26H28N4O/c1-3-30(4-2)14-13-28-26(31)20-11-9-19(10-12-20)22-15-23(18-27-17-22)25-16-21-7-5-6-8-24(21)29-25/h5-12,15-18,29H,3-4,13-14H2,1-2H3,(H,28,31). The molecule has 0 saturated carbocycles. The van der Waals surface area contributed by atoms with E-state index in [2.05, 4.69) is 58.3 Å². The summed E-state index contributed by atoms with van der Waals surface area (Å²) in [4.78, 5) is 22.6. The van der Waals surface area contributed by atoms with E-state index in [1.807, 2.05) is 48.8 Å². The Kier molecular flexibility index (Phi) is 6.43. The van der Waals surface area contributed by atoms with E-state index in [1.165, 1.54) is 5.39 Å². The van der Waals surface area contributed by atoms with Crippen molar-refractivity contribution in [2.24, 2.45) is 0 Å². The van der Waals surface area contributed by atoms with E-state index >= 15 is 0 Å². The van der Waals surface area contributed by atoms with Crippen molar-refractivity contribution < 1.29 is 4.79 Å². The Hall–Kier alpha value is -3.44. The maximum Gasteiger partial charge on any atom is 0.251 e. The van der Waals surface area contributed by atoms with Crippen molar-refractivity contribution in [2.75, 3.05) is 26.2 Å². The number of rotatable bonds is 8. The number of fused-ring (bicyclic) bond motifs is 1. The highest BCUT2D eigenvalue weighted by atomic mass is 16.1. The van der Waals surface area contributed by atoms with Crippen LogP contribution in [-0.2, 0) is 0 Å². The molecule has 2 aromatic heterocycles. The molecule has 0 spiro atoms. The molecule has 0 atom stereocenters. The molecule has 5 heteroatoms. The maximum absolute atomic E-state index is 12.4. The van der Waals surface area contributed by atoms with Crippen LogP contribution in [0.2, 0.25) is 0 Å². The van der Waals surface area contributed by atoms with Gasteiger partial charge in [-0.1, -0.05) is 44.2 Å². The molecule has 0 aliphatic heterocycles. The van der Waals surface area contributed by atoms with Crippen LogP contribution in [-0.4, -0.2) is 47.0 Å². The van der Waals surface area contributed by atoms with Crippen LogP contribution in [0.25, 0.3) is 33.3 Å². The van der Waals surface area contributed by atoms with E-state index in [0.29, 0.717) is 12.1 Å². The Balaban J connectivity index is 1.46. The number of carbonyl (C=O) groups excluding carboxylic acids is 1. The highest BCUT2D eigenvalue weighted by Crippen LogP contribution is 2.27.